The summed E-state index contributed by atoms with van der Waals surface area (Å²) in [6, 6.07) is 17.8. The number of fused-ring (bicyclic) bond motifs is 2. The van der Waals surface area contributed by atoms with Crippen molar-refractivity contribution < 1.29 is 9.53 Å². The Morgan fingerprint density at radius 3 is 2.61 bits per heavy atom. The van der Waals surface area contributed by atoms with Gasteiger partial charge in [-0.1, -0.05) is 24.3 Å². The second-order valence-electron chi connectivity index (χ2n) is 6.36. The molecule has 0 radical (unpaired) electrons. The standard InChI is InChI=1S/C19H20N2O2/c22-19(21-18-11-15-9-14(18)12-20-15)13-5-4-8-17(10-13)23-16-6-2-1-3-7-16/h1-8,10,14-15,18,20H,9,11-12H2,(H,21,22). The summed E-state index contributed by atoms with van der Waals surface area (Å²) in [6.45, 7) is 1.02. The number of carbonyl (C=O) groups excluding carboxylic acids is 1. The molecule has 3 atom stereocenters. The van der Waals surface area contributed by atoms with Crippen LogP contribution in [0.5, 0.6) is 11.5 Å². The molecule has 4 rings (SSSR count). The minimum Gasteiger partial charge on any atom is -0.457 e. The van der Waals surface area contributed by atoms with Gasteiger partial charge in [-0.25, -0.2) is 0 Å². The maximum atomic E-state index is 12.5. The maximum absolute atomic E-state index is 12.5. The number of carbonyl (C=O) groups is 1. The van der Waals surface area contributed by atoms with Crippen LogP contribution in [0.4, 0.5) is 0 Å². The third kappa shape index (κ3) is 3.08. The molecule has 1 aliphatic carbocycles. The number of para-hydroxylation sites is 1. The molecule has 2 bridgehead atoms. The number of rotatable bonds is 4. The molecule has 2 aromatic carbocycles. The Balaban J connectivity index is 1.44. The molecular weight excluding hydrogens is 288 g/mol. The summed E-state index contributed by atoms with van der Waals surface area (Å²) in [7, 11) is 0. The van der Waals surface area contributed by atoms with E-state index in [0.717, 1.165) is 18.7 Å². The molecule has 0 spiro atoms. The number of amides is 1. The summed E-state index contributed by atoms with van der Waals surface area (Å²) < 4.78 is 5.80. The third-order valence-corrected chi connectivity index (χ3v) is 4.76. The van der Waals surface area contributed by atoms with Crippen molar-refractivity contribution in [2.24, 2.45) is 5.92 Å². The van der Waals surface area contributed by atoms with E-state index < -0.39 is 0 Å². The summed E-state index contributed by atoms with van der Waals surface area (Å²) in [5.41, 5.74) is 0.647. The highest BCUT2D eigenvalue weighted by Gasteiger charge is 2.40. The van der Waals surface area contributed by atoms with Crippen molar-refractivity contribution in [2.75, 3.05) is 6.54 Å². The van der Waals surface area contributed by atoms with Crippen LogP contribution in [0.25, 0.3) is 0 Å². The molecule has 1 saturated heterocycles. The van der Waals surface area contributed by atoms with Crippen molar-refractivity contribution in [2.45, 2.75) is 24.9 Å². The fourth-order valence-corrected chi connectivity index (χ4v) is 3.59. The summed E-state index contributed by atoms with van der Waals surface area (Å²) >= 11 is 0. The predicted octanol–water partition coefficient (Wildman–Crippen LogP) is 2.96. The van der Waals surface area contributed by atoms with Crippen molar-refractivity contribution in [3.05, 3.63) is 60.2 Å². The van der Waals surface area contributed by atoms with E-state index in [1.165, 1.54) is 6.42 Å². The van der Waals surface area contributed by atoms with Crippen LogP contribution in [-0.4, -0.2) is 24.5 Å². The Bertz CT molecular complexity index is 702. The van der Waals surface area contributed by atoms with E-state index in [4.69, 9.17) is 4.74 Å². The lowest BCUT2D eigenvalue weighted by molar-refractivity contribution is 0.0924. The second kappa shape index (κ2) is 6.05. The van der Waals surface area contributed by atoms with Gasteiger partial charge in [0.15, 0.2) is 0 Å². The summed E-state index contributed by atoms with van der Waals surface area (Å²) in [4.78, 5) is 12.5. The van der Waals surface area contributed by atoms with E-state index in [1.807, 2.05) is 48.5 Å². The van der Waals surface area contributed by atoms with E-state index in [-0.39, 0.29) is 5.91 Å². The average Bonchev–Trinajstić information content (AvgIpc) is 3.19. The smallest absolute Gasteiger partial charge is 0.251 e. The van der Waals surface area contributed by atoms with E-state index in [9.17, 15) is 4.79 Å². The van der Waals surface area contributed by atoms with E-state index in [2.05, 4.69) is 10.6 Å². The Morgan fingerprint density at radius 2 is 1.87 bits per heavy atom. The number of hydrogen-bond donors (Lipinski definition) is 2. The highest BCUT2D eigenvalue weighted by atomic mass is 16.5. The van der Waals surface area contributed by atoms with E-state index in [0.29, 0.717) is 29.3 Å². The molecule has 2 aromatic rings. The van der Waals surface area contributed by atoms with Crippen LogP contribution in [0.15, 0.2) is 54.6 Å². The molecule has 118 valence electrons. The van der Waals surface area contributed by atoms with Crippen LogP contribution in [0.3, 0.4) is 0 Å². The van der Waals surface area contributed by atoms with Gasteiger partial charge in [0.25, 0.3) is 5.91 Å². The Labute approximate surface area is 135 Å². The molecule has 1 heterocycles. The summed E-state index contributed by atoms with van der Waals surface area (Å²) in [6.07, 6.45) is 2.22. The number of benzene rings is 2. The van der Waals surface area contributed by atoms with Gasteiger partial charge in [0.2, 0.25) is 0 Å². The van der Waals surface area contributed by atoms with Gasteiger partial charge in [-0.3, -0.25) is 4.79 Å². The normalized spacial score (nSPS) is 25.3. The number of nitrogens with one attached hydrogen (secondary N) is 2. The lowest BCUT2D eigenvalue weighted by atomic mass is 10.0. The topological polar surface area (TPSA) is 50.4 Å². The van der Waals surface area contributed by atoms with Gasteiger partial charge < -0.3 is 15.4 Å². The molecule has 2 aliphatic rings. The molecule has 4 nitrogen and oxygen atoms in total. The fourth-order valence-electron chi connectivity index (χ4n) is 3.59. The molecule has 4 heteroatoms. The first-order valence-corrected chi connectivity index (χ1v) is 8.15. The highest BCUT2D eigenvalue weighted by molar-refractivity contribution is 5.94. The number of hydrogen-bond acceptors (Lipinski definition) is 3. The van der Waals surface area contributed by atoms with Crippen LogP contribution in [-0.2, 0) is 0 Å². The molecule has 3 unspecified atom stereocenters. The average molecular weight is 308 g/mol. The Morgan fingerprint density at radius 1 is 1.04 bits per heavy atom. The van der Waals surface area contributed by atoms with Gasteiger partial charge in [0.1, 0.15) is 11.5 Å². The zero-order chi connectivity index (χ0) is 15.6. The second-order valence-corrected chi connectivity index (χ2v) is 6.36. The van der Waals surface area contributed by atoms with Gasteiger partial charge in [-0.15, -0.1) is 0 Å². The van der Waals surface area contributed by atoms with Gasteiger partial charge >= 0.3 is 0 Å². The van der Waals surface area contributed by atoms with E-state index in [1.54, 1.807) is 6.07 Å². The minimum atomic E-state index is -0.0129. The zero-order valence-corrected chi connectivity index (χ0v) is 12.9. The molecule has 2 N–H and O–H groups in total. The predicted molar refractivity (Wildman–Crippen MR) is 88.7 cm³/mol. The summed E-state index contributed by atoms with van der Waals surface area (Å²) in [5.74, 6) is 2.01. The Hall–Kier alpha value is -2.33. The van der Waals surface area contributed by atoms with Crippen LogP contribution >= 0.6 is 0 Å². The van der Waals surface area contributed by atoms with Gasteiger partial charge in [0, 0.05) is 24.2 Å². The first-order valence-electron chi connectivity index (χ1n) is 8.15. The maximum Gasteiger partial charge on any atom is 0.251 e. The van der Waals surface area contributed by atoms with Gasteiger partial charge in [-0.05, 0) is 49.1 Å². The Kier molecular flexibility index (Phi) is 3.75. The van der Waals surface area contributed by atoms with Crippen LogP contribution in [0.2, 0.25) is 0 Å². The quantitative estimate of drug-likeness (QED) is 0.913. The van der Waals surface area contributed by atoms with Crippen molar-refractivity contribution >= 4 is 5.91 Å². The molecule has 23 heavy (non-hydrogen) atoms. The highest BCUT2D eigenvalue weighted by Crippen LogP contribution is 2.31. The largest absolute Gasteiger partial charge is 0.457 e. The lowest BCUT2D eigenvalue weighted by Crippen LogP contribution is -2.44. The lowest BCUT2D eigenvalue weighted by Gasteiger charge is -2.23. The molecule has 1 amide bonds. The first-order chi connectivity index (χ1) is 11.3. The van der Waals surface area contributed by atoms with Crippen molar-refractivity contribution in [1.82, 2.24) is 10.6 Å². The molecule has 1 saturated carbocycles. The van der Waals surface area contributed by atoms with Gasteiger partial charge in [0.05, 0.1) is 0 Å². The van der Waals surface area contributed by atoms with Crippen molar-refractivity contribution in [1.29, 1.82) is 0 Å². The zero-order valence-electron chi connectivity index (χ0n) is 12.9. The van der Waals surface area contributed by atoms with Crippen LogP contribution in [0.1, 0.15) is 23.2 Å². The monoisotopic (exact) mass is 308 g/mol. The van der Waals surface area contributed by atoms with Gasteiger partial charge in [-0.2, -0.15) is 0 Å². The van der Waals surface area contributed by atoms with Crippen molar-refractivity contribution in [3.63, 3.8) is 0 Å². The van der Waals surface area contributed by atoms with Crippen LogP contribution < -0.4 is 15.4 Å². The third-order valence-electron chi connectivity index (χ3n) is 4.76. The molecular formula is C19H20N2O2. The minimum absolute atomic E-state index is 0.0129. The molecule has 1 aliphatic heterocycles. The van der Waals surface area contributed by atoms with Crippen LogP contribution in [0, 0.1) is 5.92 Å². The molecule has 2 fully saturated rings. The number of ether oxygens (including phenoxy) is 1. The molecule has 0 aromatic heterocycles. The first kappa shape index (κ1) is 14.3. The summed E-state index contributed by atoms with van der Waals surface area (Å²) in [5, 5.41) is 6.65. The number of piperidine rings is 1. The SMILES string of the molecule is O=C(NC1CC2CC1CN2)c1cccc(Oc2ccccc2)c1. The van der Waals surface area contributed by atoms with Crippen molar-refractivity contribution in [3.8, 4) is 11.5 Å². The van der Waals surface area contributed by atoms with E-state index >= 15 is 0 Å². The fraction of sp³-hybridized carbons (Fsp3) is 0.316.